The first-order chi connectivity index (χ1) is 11.1. The Bertz CT molecular complexity index is 696. The van der Waals surface area contributed by atoms with Gasteiger partial charge in [0.15, 0.2) is 19.0 Å². The van der Waals surface area contributed by atoms with Crippen LogP contribution in [-0.2, 0) is 9.53 Å². The van der Waals surface area contributed by atoms with E-state index in [1.807, 2.05) is 6.07 Å². The summed E-state index contributed by atoms with van der Waals surface area (Å²) >= 11 is 0. The molecule has 2 aromatic carbocycles. The lowest BCUT2D eigenvalue weighted by Gasteiger charge is -2.06. The Hall–Kier alpha value is -3.22. The third kappa shape index (κ3) is 4.92. The molecular formula is C16H13NO6. The summed E-state index contributed by atoms with van der Waals surface area (Å²) in [5, 5.41) is 10.5. The van der Waals surface area contributed by atoms with Crippen molar-refractivity contribution in [3.8, 4) is 5.75 Å². The van der Waals surface area contributed by atoms with Gasteiger partial charge in [-0.05, 0) is 24.3 Å². The van der Waals surface area contributed by atoms with Gasteiger partial charge >= 0.3 is 5.97 Å². The Balaban J connectivity index is 1.79. The van der Waals surface area contributed by atoms with Gasteiger partial charge < -0.3 is 9.47 Å². The first-order valence-corrected chi connectivity index (χ1v) is 6.67. The van der Waals surface area contributed by atoms with E-state index in [0.29, 0.717) is 5.75 Å². The zero-order valence-electron chi connectivity index (χ0n) is 12.0. The van der Waals surface area contributed by atoms with Crippen LogP contribution in [-0.4, -0.2) is 29.9 Å². The maximum absolute atomic E-state index is 11.8. The number of carbonyl (C=O) groups excluding carboxylic acids is 2. The van der Waals surface area contributed by atoms with Crippen molar-refractivity contribution in [1.82, 2.24) is 0 Å². The van der Waals surface area contributed by atoms with Crippen LogP contribution in [0, 0.1) is 10.1 Å². The number of ketones is 1. The van der Waals surface area contributed by atoms with E-state index in [9.17, 15) is 19.7 Å². The zero-order valence-corrected chi connectivity index (χ0v) is 12.0. The van der Waals surface area contributed by atoms with Crippen LogP contribution in [0.1, 0.15) is 10.4 Å². The summed E-state index contributed by atoms with van der Waals surface area (Å²) in [5.74, 6) is -0.608. The fourth-order valence-corrected chi connectivity index (χ4v) is 1.70. The maximum Gasteiger partial charge on any atom is 0.344 e. The molecule has 2 rings (SSSR count). The molecule has 7 heteroatoms. The lowest BCUT2D eigenvalue weighted by atomic mass is 10.1. The van der Waals surface area contributed by atoms with Gasteiger partial charge in [-0.25, -0.2) is 4.79 Å². The minimum absolute atomic E-state index is 0.116. The summed E-state index contributed by atoms with van der Waals surface area (Å²) in [6.45, 7) is -0.758. The molecule has 118 valence electrons. The number of benzene rings is 2. The number of nitro benzene ring substituents is 1. The molecule has 0 radical (unpaired) electrons. The van der Waals surface area contributed by atoms with Gasteiger partial charge in [0, 0.05) is 17.7 Å². The lowest BCUT2D eigenvalue weighted by Crippen LogP contribution is -2.19. The average molecular weight is 315 g/mol. The third-order valence-corrected chi connectivity index (χ3v) is 2.86. The molecule has 0 aliphatic rings. The fraction of sp³-hybridized carbons (Fsp3) is 0.125. The molecule has 0 aliphatic carbocycles. The molecule has 0 fully saturated rings. The molecule has 0 bridgehead atoms. The maximum atomic E-state index is 11.8. The monoisotopic (exact) mass is 315 g/mol. The number of nitro groups is 1. The second kappa shape index (κ2) is 7.69. The van der Waals surface area contributed by atoms with Crippen LogP contribution in [0.25, 0.3) is 0 Å². The summed E-state index contributed by atoms with van der Waals surface area (Å²) in [5.41, 5.74) is 0.113. The summed E-state index contributed by atoms with van der Waals surface area (Å²) in [6, 6.07) is 13.8. The third-order valence-electron chi connectivity index (χ3n) is 2.86. The largest absolute Gasteiger partial charge is 0.482 e. The molecule has 0 aromatic heterocycles. The van der Waals surface area contributed by atoms with E-state index in [0.717, 1.165) is 0 Å². The van der Waals surface area contributed by atoms with E-state index in [1.54, 1.807) is 24.3 Å². The van der Waals surface area contributed by atoms with Gasteiger partial charge in [-0.2, -0.15) is 0 Å². The molecule has 0 amide bonds. The molecule has 0 saturated heterocycles. The predicted molar refractivity (Wildman–Crippen MR) is 80.3 cm³/mol. The molecule has 0 heterocycles. The van der Waals surface area contributed by atoms with Crippen molar-refractivity contribution in [2.75, 3.05) is 13.2 Å². The van der Waals surface area contributed by atoms with E-state index in [2.05, 4.69) is 0 Å². The van der Waals surface area contributed by atoms with Gasteiger partial charge in [-0.3, -0.25) is 14.9 Å². The topological polar surface area (TPSA) is 95.7 Å². The number of ether oxygens (including phenoxy) is 2. The van der Waals surface area contributed by atoms with Gasteiger partial charge in [0.25, 0.3) is 5.69 Å². The van der Waals surface area contributed by atoms with Crippen molar-refractivity contribution in [3.63, 3.8) is 0 Å². The summed E-state index contributed by atoms with van der Waals surface area (Å²) < 4.78 is 10.00. The highest BCUT2D eigenvalue weighted by molar-refractivity contribution is 5.98. The van der Waals surface area contributed by atoms with Crippen LogP contribution >= 0.6 is 0 Å². The van der Waals surface area contributed by atoms with Crippen LogP contribution in [0.4, 0.5) is 5.69 Å². The van der Waals surface area contributed by atoms with Crippen LogP contribution in [0.5, 0.6) is 5.75 Å². The summed E-state index contributed by atoms with van der Waals surface area (Å²) in [7, 11) is 0. The Morgan fingerprint density at radius 2 is 1.61 bits per heavy atom. The number of hydrogen-bond acceptors (Lipinski definition) is 6. The second-order valence-corrected chi connectivity index (χ2v) is 4.49. The zero-order chi connectivity index (χ0) is 16.7. The van der Waals surface area contributed by atoms with Gasteiger partial charge in [0.1, 0.15) is 5.75 Å². The van der Waals surface area contributed by atoms with E-state index in [4.69, 9.17) is 9.47 Å². The predicted octanol–water partition coefficient (Wildman–Crippen LogP) is 2.40. The molecule has 23 heavy (non-hydrogen) atoms. The first kappa shape index (κ1) is 16.2. The molecule has 0 spiro atoms. The van der Waals surface area contributed by atoms with Gasteiger partial charge in [0.05, 0.1) is 4.92 Å². The standard InChI is InChI=1S/C16H13NO6/c18-15(12-6-8-13(9-7-12)17(20)21)10-23-16(19)11-22-14-4-2-1-3-5-14/h1-9H,10-11H2. The van der Waals surface area contributed by atoms with Gasteiger partial charge in [-0.15, -0.1) is 0 Å². The number of hydrogen-bond donors (Lipinski definition) is 0. The van der Waals surface area contributed by atoms with Crippen LogP contribution in [0.3, 0.4) is 0 Å². The number of non-ortho nitro benzene ring substituents is 1. The minimum Gasteiger partial charge on any atom is -0.482 e. The van der Waals surface area contributed by atoms with Gasteiger partial charge in [-0.1, -0.05) is 18.2 Å². The number of esters is 1. The van der Waals surface area contributed by atoms with E-state index in [1.165, 1.54) is 24.3 Å². The van der Waals surface area contributed by atoms with Crippen LogP contribution in [0.2, 0.25) is 0 Å². The highest BCUT2D eigenvalue weighted by atomic mass is 16.6. The van der Waals surface area contributed by atoms with Crippen molar-refractivity contribution in [3.05, 3.63) is 70.3 Å². The van der Waals surface area contributed by atoms with Crippen LogP contribution < -0.4 is 4.74 Å². The highest BCUT2D eigenvalue weighted by Gasteiger charge is 2.12. The van der Waals surface area contributed by atoms with Crippen molar-refractivity contribution in [1.29, 1.82) is 0 Å². The Morgan fingerprint density at radius 3 is 2.22 bits per heavy atom. The number of rotatable bonds is 7. The molecule has 0 atom stereocenters. The van der Waals surface area contributed by atoms with Gasteiger partial charge in [0.2, 0.25) is 0 Å². The Labute approximate surface area is 131 Å². The SMILES string of the molecule is O=C(COc1ccccc1)OCC(=O)c1ccc([N+](=O)[O-])cc1. The lowest BCUT2D eigenvalue weighted by molar-refractivity contribution is -0.384. The van der Waals surface area contributed by atoms with Crippen LogP contribution in [0.15, 0.2) is 54.6 Å². The second-order valence-electron chi connectivity index (χ2n) is 4.49. The Kier molecular flexibility index (Phi) is 5.40. The smallest absolute Gasteiger partial charge is 0.344 e. The average Bonchev–Trinajstić information content (AvgIpc) is 2.58. The normalized spacial score (nSPS) is 9.91. The van der Waals surface area contributed by atoms with Crippen molar-refractivity contribution in [2.24, 2.45) is 0 Å². The van der Waals surface area contributed by atoms with E-state index < -0.39 is 23.3 Å². The quantitative estimate of drug-likeness (QED) is 0.337. The van der Waals surface area contributed by atoms with Crippen molar-refractivity contribution in [2.45, 2.75) is 0 Å². The van der Waals surface area contributed by atoms with E-state index in [-0.39, 0.29) is 17.9 Å². The molecule has 7 nitrogen and oxygen atoms in total. The number of nitrogens with zero attached hydrogens (tertiary/aromatic N) is 1. The van der Waals surface area contributed by atoms with E-state index >= 15 is 0 Å². The van der Waals surface area contributed by atoms with Crippen molar-refractivity contribution < 1.29 is 24.0 Å². The number of para-hydroxylation sites is 1. The summed E-state index contributed by atoms with van der Waals surface area (Å²) in [6.07, 6.45) is 0. The highest BCUT2D eigenvalue weighted by Crippen LogP contribution is 2.12. The molecule has 0 aliphatic heterocycles. The molecular weight excluding hydrogens is 302 g/mol. The fourth-order valence-electron chi connectivity index (χ4n) is 1.70. The number of Topliss-reactive ketones (excluding diaryl/α,β-unsaturated/α-hetero) is 1. The molecule has 0 unspecified atom stereocenters. The van der Waals surface area contributed by atoms with Crippen molar-refractivity contribution >= 4 is 17.4 Å². The molecule has 2 aromatic rings. The Morgan fingerprint density at radius 1 is 0.957 bits per heavy atom. The molecule has 0 saturated carbocycles. The summed E-state index contributed by atoms with van der Waals surface area (Å²) in [4.78, 5) is 33.3. The minimum atomic E-state index is -0.677. The molecule has 0 N–H and O–H groups in total. The first-order valence-electron chi connectivity index (χ1n) is 6.67. The number of carbonyl (C=O) groups is 2.